The molecule has 88 valence electrons. The Hall–Kier alpha value is -1.75. The van der Waals surface area contributed by atoms with Crippen molar-refractivity contribution >= 4 is 0 Å². The average molecular weight is 230 g/mol. The van der Waals surface area contributed by atoms with E-state index in [1.54, 1.807) is 18.5 Å². The van der Waals surface area contributed by atoms with Gasteiger partial charge in [-0.15, -0.1) is 0 Å². The van der Waals surface area contributed by atoms with Crippen LogP contribution in [-0.2, 0) is 13.0 Å². The maximum atomic E-state index is 5.40. The third kappa shape index (κ3) is 1.72. The van der Waals surface area contributed by atoms with E-state index in [4.69, 9.17) is 4.52 Å². The van der Waals surface area contributed by atoms with Gasteiger partial charge in [0.25, 0.3) is 0 Å². The zero-order chi connectivity index (χ0) is 11.8. The quantitative estimate of drug-likeness (QED) is 0.743. The number of fused-ring (bicyclic) bond motifs is 1. The molecule has 3 rings (SSSR count). The molecular weight excluding hydrogens is 216 g/mol. The lowest BCUT2D eigenvalue weighted by atomic mass is 10.0. The van der Waals surface area contributed by atoms with Crippen molar-refractivity contribution in [1.29, 1.82) is 0 Å². The van der Waals surface area contributed by atoms with Gasteiger partial charge in [0.15, 0.2) is 5.82 Å². The first-order valence-electron chi connectivity index (χ1n) is 5.70. The molecule has 0 fully saturated rings. The fourth-order valence-corrected chi connectivity index (χ4v) is 2.10. The van der Waals surface area contributed by atoms with Crippen molar-refractivity contribution in [2.24, 2.45) is 0 Å². The first-order chi connectivity index (χ1) is 8.25. The fraction of sp³-hybridized carbons (Fsp3) is 0.417. The molecule has 0 bridgehead atoms. The molecule has 0 N–H and O–H groups in total. The molecule has 0 spiro atoms. The molecule has 0 aliphatic carbocycles. The van der Waals surface area contributed by atoms with Gasteiger partial charge in [-0.3, -0.25) is 4.90 Å². The van der Waals surface area contributed by atoms with Crippen molar-refractivity contribution in [2.75, 3.05) is 7.05 Å². The van der Waals surface area contributed by atoms with E-state index in [1.807, 2.05) is 0 Å². The van der Waals surface area contributed by atoms with Crippen molar-refractivity contribution in [3.05, 3.63) is 29.7 Å². The van der Waals surface area contributed by atoms with Gasteiger partial charge in [0, 0.05) is 37.0 Å². The second-order valence-corrected chi connectivity index (χ2v) is 4.48. The van der Waals surface area contributed by atoms with Crippen LogP contribution >= 0.6 is 0 Å². The van der Waals surface area contributed by atoms with Crippen LogP contribution in [0.1, 0.15) is 18.2 Å². The van der Waals surface area contributed by atoms with Crippen LogP contribution in [0.25, 0.3) is 11.6 Å². The fourth-order valence-electron chi connectivity index (χ4n) is 2.10. The number of aromatic nitrogens is 3. The van der Waals surface area contributed by atoms with E-state index < -0.39 is 0 Å². The Labute approximate surface area is 99.5 Å². The summed E-state index contributed by atoms with van der Waals surface area (Å²) < 4.78 is 5.40. The van der Waals surface area contributed by atoms with E-state index in [1.165, 1.54) is 0 Å². The molecule has 2 aromatic rings. The lowest BCUT2D eigenvalue weighted by Gasteiger charge is -2.28. The van der Waals surface area contributed by atoms with Crippen molar-refractivity contribution in [3.8, 4) is 11.6 Å². The predicted octanol–water partition coefficient (Wildman–Crippen LogP) is 1.51. The Morgan fingerprint density at radius 1 is 1.35 bits per heavy atom. The highest BCUT2D eigenvalue weighted by Crippen LogP contribution is 2.29. The molecule has 1 aliphatic rings. The SMILES string of the molecule is C[C@H]1Cc2noc(-c3ncccn3)c2CN1C. The zero-order valence-electron chi connectivity index (χ0n) is 9.92. The number of rotatable bonds is 1. The average Bonchev–Trinajstić information content (AvgIpc) is 2.74. The minimum Gasteiger partial charge on any atom is -0.352 e. The molecule has 2 aromatic heterocycles. The summed E-state index contributed by atoms with van der Waals surface area (Å²) in [5, 5.41) is 4.14. The van der Waals surface area contributed by atoms with Crippen molar-refractivity contribution in [1.82, 2.24) is 20.0 Å². The molecule has 1 aliphatic heterocycles. The minimum atomic E-state index is 0.497. The van der Waals surface area contributed by atoms with Gasteiger partial charge in [-0.1, -0.05) is 5.16 Å². The topological polar surface area (TPSA) is 55.1 Å². The second kappa shape index (κ2) is 3.92. The van der Waals surface area contributed by atoms with Crippen molar-refractivity contribution in [2.45, 2.75) is 25.9 Å². The van der Waals surface area contributed by atoms with Gasteiger partial charge in [-0.05, 0) is 20.0 Å². The zero-order valence-corrected chi connectivity index (χ0v) is 9.92. The van der Waals surface area contributed by atoms with Crippen LogP contribution < -0.4 is 0 Å². The highest BCUT2D eigenvalue weighted by atomic mass is 16.5. The first kappa shape index (κ1) is 10.4. The van der Waals surface area contributed by atoms with E-state index in [0.717, 1.165) is 24.2 Å². The lowest BCUT2D eigenvalue weighted by Crippen LogP contribution is -2.34. The van der Waals surface area contributed by atoms with Gasteiger partial charge in [0.05, 0.1) is 5.69 Å². The number of hydrogen-bond acceptors (Lipinski definition) is 5. The summed E-state index contributed by atoms with van der Waals surface area (Å²) in [6.07, 6.45) is 4.35. The number of hydrogen-bond donors (Lipinski definition) is 0. The molecule has 3 heterocycles. The summed E-state index contributed by atoms with van der Waals surface area (Å²) in [5.41, 5.74) is 2.16. The Bertz CT molecular complexity index is 523. The molecule has 0 amide bonds. The van der Waals surface area contributed by atoms with Crippen LogP contribution in [0.3, 0.4) is 0 Å². The van der Waals surface area contributed by atoms with Crippen molar-refractivity contribution < 1.29 is 4.52 Å². The molecule has 0 saturated heterocycles. The summed E-state index contributed by atoms with van der Waals surface area (Å²) >= 11 is 0. The number of likely N-dealkylation sites (N-methyl/N-ethyl adjacent to an activating group) is 1. The van der Waals surface area contributed by atoms with E-state index in [0.29, 0.717) is 17.6 Å². The van der Waals surface area contributed by atoms with Crippen molar-refractivity contribution in [3.63, 3.8) is 0 Å². The maximum Gasteiger partial charge on any atom is 0.208 e. The normalized spacial score (nSPS) is 20.2. The van der Waals surface area contributed by atoms with E-state index >= 15 is 0 Å². The molecular formula is C12H14N4O. The highest BCUT2D eigenvalue weighted by Gasteiger charge is 2.27. The van der Waals surface area contributed by atoms with Gasteiger partial charge in [-0.2, -0.15) is 0 Å². The van der Waals surface area contributed by atoms with E-state index in [9.17, 15) is 0 Å². The third-order valence-corrected chi connectivity index (χ3v) is 3.29. The Kier molecular flexibility index (Phi) is 2.40. The molecule has 1 atom stereocenters. The largest absolute Gasteiger partial charge is 0.352 e. The van der Waals surface area contributed by atoms with Crippen LogP contribution in [0.5, 0.6) is 0 Å². The molecule has 5 nitrogen and oxygen atoms in total. The number of nitrogens with zero attached hydrogens (tertiary/aromatic N) is 4. The maximum absolute atomic E-state index is 5.40. The van der Waals surface area contributed by atoms with Gasteiger partial charge in [0.1, 0.15) is 0 Å². The molecule has 0 saturated carbocycles. The second-order valence-electron chi connectivity index (χ2n) is 4.48. The molecule has 0 aromatic carbocycles. The molecule has 17 heavy (non-hydrogen) atoms. The Morgan fingerprint density at radius 2 is 2.12 bits per heavy atom. The summed E-state index contributed by atoms with van der Waals surface area (Å²) in [4.78, 5) is 10.7. The Balaban J connectivity index is 2.04. The third-order valence-electron chi connectivity index (χ3n) is 3.29. The van der Waals surface area contributed by atoms with Gasteiger partial charge in [-0.25, -0.2) is 9.97 Å². The lowest BCUT2D eigenvalue weighted by molar-refractivity contribution is 0.230. The molecule has 5 heteroatoms. The smallest absolute Gasteiger partial charge is 0.208 e. The minimum absolute atomic E-state index is 0.497. The summed E-state index contributed by atoms with van der Waals surface area (Å²) in [6.45, 7) is 3.03. The monoisotopic (exact) mass is 230 g/mol. The van der Waals surface area contributed by atoms with Gasteiger partial charge in [0.2, 0.25) is 5.76 Å². The van der Waals surface area contributed by atoms with E-state index in [2.05, 4.69) is 34.0 Å². The summed E-state index contributed by atoms with van der Waals surface area (Å²) in [5.74, 6) is 1.32. The molecule has 0 radical (unpaired) electrons. The van der Waals surface area contributed by atoms with Crippen LogP contribution in [0.15, 0.2) is 23.0 Å². The standard InChI is InChI=1S/C12H14N4O/c1-8-6-10-9(7-16(8)2)11(17-15-10)12-13-4-3-5-14-12/h3-5,8H,6-7H2,1-2H3/t8-/m0/s1. The van der Waals surface area contributed by atoms with E-state index in [-0.39, 0.29) is 0 Å². The summed E-state index contributed by atoms with van der Waals surface area (Å²) in [7, 11) is 2.11. The van der Waals surface area contributed by atoms with Gasteiger partial charge < -0.3 is 4.52 Å². The predicted molar refractivity (Wildman–Crippen MR) is 62.2 cm³/mol. The van der Waals surface area contributed by atoms with Crippen LogP contribution in [0, 0.1) is 0 Å². The van der Waals surface area contributed by atoms with Gasteiger partial charge >= 0.3 is 0 Å². The highest BCUT2D eigenvalue weighted by molar-refractivity contribution is 5.53. The van der Waals surface area contributed by atoms with Crippen LogP contribution in [0.2, 0.25) is 0 Å². The van der Waals surface area contributed by atoms with Crippen LogP contribution in [0.4, 0.5) is 0 Å². The summed E-state index contributed by atoms with van der Waals surface area (Å²) in [6, 6.07) is 2.29. The first-order valence-corrected chi connectivity index (χ1v) is 5.70. The Morgan fingerprint density at radius 3 is 2.88 bits per heavy atom. The van der Waals surface area contributed by atoms with Crippen LogP contribution in [-0.4, -0.2) is 33.1 Å². The molecule has 0 unspecified atom stereocenters.